The van der Waals surface area contributed by atoms with Crippen LogP contribution in [0.25, 0.3) is 0 Å². The molecule has 174 valence electrons. The van der Waals surface area contributed by atoms with E-state index in [1.54, 1.807) is 0 Å². The van der Waals surface area contributed by atoms with Gasteiger partial charge in [0, 0.05) is 29.5 Å². The van der Waals surface area contributed by atoms with Gasteiger partial charge < -0.3 is 10.2 Å². The van der Waals surface area contributed by atoms with Crippen LogP contribution in [0, 0.1) is 34.5 Å². The van der Waals surface area contributed by atoms with Crippen molar-refractivity contribution in [3.05, 3.63) is 12.2 Å². The van der Waals surface area contributed by atoms with Gasteiger partial charge in [-0.3, -0.25) is 9.59 Å². The van der Waals surface area contributed by atoms with Gasteiger partial charge in [0.1, 0.15) is 0 Å². The van der Waals surface area contributed by atoms with Crippen molar-refractivity contribution in [2.24, 2.45) is 34.5 Å². The molecule has 0 radical (unpaired) electrons. The predicted molar refractivity (Wildman–Crippen MR) is 125 cm³/mol. The van der Waals surface area contributed by atoms with Crippen molar-refractivity contribution in [3.63, 3.8) is 0 Å². The number of rotatable bonds is 5. The van der Waals surface area contributed by atoms with Crippen LogP contribution in [0.15, 0.2) is 12.2 Å². The normalized spacial score (nSPS) is 42.1. The third kappa shape index (κ3) is 3.56. The maximum Gasteiger partial charge on any atom is 0.246 e. The fourth-order valence-corrected chi connectivity index (χ4v) is 8.51. The predicted octanol–water partition coefficient (Wildman–Crippen LogP) is 5.33. The number of hydrogen-bond acceptors (Lipinski definition) is 2. The average Bonchev–Trinajstić information content (AvgIpc) is 3.05. The first-order valence-electron chi connectivity index (χ1n) is 12.9. The summed E-state index contributed by atoms with van der Waals surface area (Å²) < 4.78 is 0. The molecule has 0 saturated heterocycles. The topological polar surface area (TPSA) is 49.4 Å². The van der Waals surface area contributed by atoms with Crippen molar-refractivity contribution >= 4 is 11.8 Å². The van der Waals surface area contributed by atoms with Crippen LogP contribution >= 0.6 is 0 Å². The summed E-state index contributed by atoms with van der Waals surface area (Å²) in [7, 11) is 0. The molecule has 4 aliphatic rings. The van der Waals surface area contributed by atoms with E-state index < -0.39 is 0 Å². The molecule has 0 aromatic heterocycles. The lowest BCUT2D eigenvalue weighted by molar-refractivity contribution is -0.144. The average molecular weight is 429 g/mol. The zero-order valence-corrected chi connectivity index (χ0v) is 20.7. The zero-order chi connectivity index (χ0) is 22.6. The summed E-state index contributed by atoms with van der Waals surface area (Å²) >= 11 is 0. The fourth-order valence-electron chi connectivity index (χ4n) is 8.51. The molecule has 3 fully saturated rings. The molecule has 4 rings (SSSR count). The van der Waals surface area contributed by atoms with Crippen molar-refractivity contribution in [2.75, 3.05) is 6.54 Å². The smallest absolute Gasteiger partial charge is 0.246 e. The Morgan fingerprint density at radius 2 is 1.87 bits per heavy atom. The summed E-state index contributed by atoms with van der Waals surface area (Å²) in [6, 6.07) is 0.343. The number of nitrogens with zero attached hydrogens (tertiary/aromatic N) is 1. The Morgan fingerprint density at radius 3 is 2.55 bits per heavy atom. The van der Waals surface area contributed by atoms with Crippen LogP contribution in [0.5, 0.6) is 0 Å². The molecule has 0 aromatic rings. The molecule has 4 heteroatoms. The largest absolute Gasteiger partial charge is 0.351 e. The van der Waals surface area contributed by atoms with Gasteiger partial charge in [-0.25, -0.2) is 0 Å². The Hall–Kier alpha value is -1.32. The first-order chi connectivity index (χ1) is 14.6. The third-order valence-corrected chi connectivity index (χ3v) is 9.97. The molecule has 1 heterocycles. The number of fused-ring (bicyclic) bond motifs is 5. The lowest BCUT2D eigenvalue weighted by atomic mass is 9.47. The minimum atomic E-state index is -0.119. The van der Waals surface area contributed by atoms with E-state index in [4.69, 9.17) is 0 Å². The number of carbonyl (C=O) groups is 2. The standard InChI is InChI=1S/C27H44N2O2/c1-7-15-25(3,4)28-24(31)21-11-10-19-18-9-12-22-27(6,17-14-23(30)29(22)8-2)20(18)13-16-26(19,21)5/h14,17-22H,7-13,15-16H2,1-6H3,(H,28,31)/t18-,19-,20-,21+,22+,26-,27+/m0/s1. The number of carbonyl (C=O) groups excluding carboxylic acids is 2. The van der Waals surface area contributed by atoms with E-state index in [-0.39, 0.29) is 28.2 Å². The Labute approximate surface area is 189 Å². The summed E-state index contributed by atoms with van der Waals surface area (Å²) in [6.07, 6.45) is 13.1. The molecule has 1 aliphatic heterocycles. The van der Waals surface area contributed by atoms with E-state index in [9.17, 15) is 9.59 Å². The van der Waals surface area contributed by atoms with E-state index in [0.717, 1.165) is 38.6 Å². The Balaban J connectivity index is 1.55. The molecule has 0 aromatic carbocycles. The lowest BCUT2D eigenvalue weighted by Crippen LogP contribution is -2.60. The fraction of sp³-hybridized carbons (Fsp3) is 0.852. The van der Waals surface area contributed by atoms with Gasteiger partial charge in [0.15, 0.2) is 0 Å². The molecule has 4 nitrogen and oxygen atoms in total. The second-order valence-electron chi connectivity index (χ2n) is 12.1. The second-order valence-corrected chi connectivity index (χ2v) is 12.1. The van der Waals surface area contributed by atoms with Crippen molar-refractivity contribution in [2.45, 2.75) is 104 Å². The van der Waals surface area contributed by atoms with E-state index in [2.05, 4.69) is 57.8 Å². The Bertz CT molecular complexity index is 758. The first-order valence-corrected chi connectivity index (χ1v) is 12.9. The molecule has 0 bridgehead atoms. The Kier molecular flexibility index (Phi) is 5.84. The maximum absolute atomic E-state index is 13.4. The van der Waals surface area contributed by atoms with Gasteiger partial charge in [-0.1, -0.05) is 33.3 Å². The van der Waals surface area contributed by atoms with Crippen LogP contribution in [-0.4, -0.2) is 34.8 Å². The molecule has 7 atom stereocenters. The first kappa shape index (κ1) is 22.9. The molecule has 0 unspecified atom stereocenters. The van der Waals surface area contributed by atoms with E-state index >= 15 is 0 Å². The van der Waals surface area contributed by atoms with Crippen molar-refractivity contribution < 1.29 is 9.59 Å². The van der Waals surface area contributed by atoms with Crippen LogP contribution in [0.1, 0.15) is 92.9 Å². The van der Waals surface area contributed by atoms with Gasteiger partial charge in [0.05, 0.1) is 0 Å². The van der Waals surface area contributed by atoms with Crippen molar-refractivity contribution in [3.8, 4) is 0 Å². The van der Waals surface area contributed by atoms with Gasteiger partial charge in [0.2, 0.25) is 11.8 Å². The highest BCUT2D eigenvalue weighted by Crippen LogP contribution is 2.65. The third-order valence-electron chi connectivity index (χ3n) is 9.97. The maximum atomic E-state index is 13.4. The monoisotopic (exact) mass is 428 g/mol. The summed E-state index contributed by atoms with van der Waals surface area (Å²) in [5.74, 6) is 2.57. The lowest BCUT2D eigenvalue weighted by Gasteiger charge is -2.60. The minimum Gasteiger partial charge on any atom is -0.351 e. The SMILES string of the molecule is CCCC(C)(C)NC(=O)[C@H]1CC[C@H]2[C@@H]3CC[C@H]4N(CC)C(=O)C=C[C@]4(C)[C@H]3CC[C@]12C. The number of hydrogen-bond donors (Lipinski definition) is 1. The van der Waals surface area contributed by atoms with Crippen LogP contribution < -0.4 is 5.32 Å². The van der Waals surface area contributed by atoms with Gasteiger partial charge in [-0.2, -0.15) is 0 Å². The quantitative estimate of drug-likeness (QED) is 0.644. The van der Waals surface area contributed by atoms with Crippen molar-refractivity contribution in [1.29, 1.82) is 0 Å². The summed E-state index contributed by atoms with van der Waals surface area (Å²) in [6.45, 7) is 14.3. The van der Waals surface area contributed by atoms with Crippen molar-refractivity contribution in [1.82, 2.24) is 10.2 Å². The molecule has 31 heavy (non-hydrogen) atoms. The van der Waals surface area contributed by atoms with Crippen LogP contribution in [0.3, 0.4) is 0 Å². The molecular weight excluding hydrogens is 384 g/mol. The van der Waals surface area contributed by atoms with Crippen LogP contribution in [0.4, 0.5) is 0 Å². The molecule has 2 amide bonds. The van der Waals surface area contributed by atoms with E-state index in [1.165, 1.54) is 19.3 Å². The number of amides is 2. The molecular formula is C27H44N2O2. The second kappa shape index (κ2) is 7.92. The van der Waals surface area contributed by atoms with Crippen LogP contribution in [-0.2, 0) is 9.59 Å². The summed E-state index contributed by atoms with van der Waals surface area (Å²) in [4.78, 5) is 28.0. The highest BCUT2D eigenvalue weighted by molar-refractivity contribution is 5.89. The van der Waals surface area contributed by atoms with Gasteiger partial charge in [-0.15, -0.1) is 0 Å². The molecule has 3 aliphatic carbocycles. The molecule has 3 saturated carbocycles. The highest BCUT2D eigenvalue weighted by atomic mass is 16.2. The zero-order valence-electron chi connectivity index (χ0n) is 20.7. The van der Waals surface area contributed by atoms with E-state index in [1.807, 2.05) is 6.08 Å². The van der Waals surface area contributed by atoms with Crippen LogP contribution in [0.2, 0.25) is 0 Å². The molecule has 0 spiro atoms. The van der Waals surface area contributed by atoms with Gasteiger partial charge in [-0.05, 0) is 95.0 Å². The number of nitrogens with one attached hydrogen (secondary N) is 1. The molecule has 1 N–H and O–H groups in total. The summed E-state index contributed by atoms with van der Waals surface area (Å²) in [5, 5.41) is 3.41. The van der Waals surface area contributed by atoms with E-state index in [0.29, 0.717) is 29.7 Å². The number of likely N-dealkylation sites (N-methyl/N-ethyl adjacent to an activating group) is 1. The minimum absolute atomic E-state index is 0.0810. The van der Waals surface area contributed by atoms with Gasteiger partial charge in [0.25, 0.3) is 0 Å². The summed E-state index contributed by atoms with van der Waals surface area (Å²) in [5.41, 5.74) is 0.0824. The highest BCUT2D eigenvalue weighted by Gasteiger charge is 2.61. The van der Waals surface area contributed by atoms with Gasteiger partial charge >= 0.3 is 0 Å². The Morgan fingerprint density at radius 1 is 1.13 bits per heavy atom.